The number of benzene rings is 1. The van der Waals surface area contributed by atoms with E-state index in [-0.39, 0.29) is 6.09 Å². The number of cyclic esters (lactones) is 1. The Hall–Kier alpha value is -1.29. The lowest BCUT2D eigenvalue weighted by molar-refractivity contribution is 0.0272. The predicted molar refractivity (Wildman–Crippen MR) is 69.3 cm³/mol. The van der Waals surface area contributed by atoms with Gasteiger partial charge < -0.3 is 4.74 Å². The van der Waals surface area contributed by atoms with Gasteiger partial charge in [0.15, 0.2) is 0 Å². The highest BCUT2D eigenvalue weighted by molar-refractivity contribution is 9.10. The third-order valence-electron chi connectivity index (χ3n) is 2.99. The van der Waals surface area contributed by atoms with Crippen molar-refractivity contribution in [2.45, 2.75) is 25.9 Å². The summed E-state index contributed by atoms with van der Waals surface area (Å²) in [6, 6.07) is 7.94. The molecule has 0 fully saturated rings. The van der Waals surface area contributed by atoms with Gasteiger partial charge in [0.1, 0.15) is 5.60 Å². The van der Waals surface area contributed by atoms with Crippen LogP contribution in [0.2, 0.25) is 0 Å². The maximum Gasteiger partial charge on any atom is 0.419 e. The predicted octanol–water partition coefficient (Wildman–Crippen LogP) is 3.72. The maximum atomic E-state index is 12.0. The number of nitrogens with zero attached hydrogens (tertiary/aromatic N) is 1. The lowest BCUT2D eigenvalue weighted by Gasteiger charge is -2.30. The fraction of sp³-hybridized carbons (Fsp3) is 0.308. The molecular formula is C13H12BrNO2. The standard InChI is InChI=1S/C13H12BrNO2/c1-13(2)7-10-6-8-5-9(14)3-4-11(8)15(10)12(16)17-13/h3-6H,7H2,1-2H3. The summed E-state index contributed by atoms with van der Waals surface area (Å²) in [5.41, 5.74) is 1.50. The molecule has 1 aliphatic rings. The molecule has 4 heteroatoms. The van der Waals surface area contributed by atoms with Crippen LogP contribution in [0, 0.1) is 0 Å². The third kappa shape index (κ3) is 1.67. The second-order valence-electron chi connectivity index (χ2n) is 4.98. The van der Waals surface area contributed by atoms with E-state index in [1.807, 2.05) is 32.0 Å². The third-order valence-corrected chi connectivity index (χ3v) is 3.49. The number of carbonyl (C=O) groups is 1. The number of rotatable bonds is 0. The van der Waals surface area contributed by atoms with Gasteiger partial charge in [-0.05, 0) is 38.1 Å². The van der Waals surface area contributed by atoms with E-state index in [4.69, 9.17) is 4.74 Å². The summed E-state index contributed by atoms with van der Waals surface area (Å²) < 4.78 is 8.08. The molecule has 1 aromatic carbocycles. The fourth-order valence-corrected chi connectivity index (χ4v) is 2.72. The SMILES string of the molecule is CC1(C)Cc2cc3cc(Br)ccc3n2C(=O)O1. The van der Waals surface area contributed by atoms with Gasteiger partial charge in [-0.2, -0.15) is 0 Å². The van der Waals surface area contributed by atoms with Crippen molar-refractivity contribution < 1.29 is 9.53 Å². The van der Waals surface area contributed by atoms with Gasteiger partial charge in [0.25, 0.3) is 0 Å². The fourth-order valence-electron chi connectivity index (χ4n) is 2.34. The Balaban J connectivity index is 2.28. The number of ether oxygens (including phenoxy) is 1. The van der Waals surface area contributed by atoms with Gasteiger partial charge in [-0.15, -0.1) is 0 Å². The van der Waals surface area contributed by atoms with Crippen LogP contribution in [0.25, 0.3) is 10.9 Å². The van der Waals surface area contributed by atoms with Crippen LogP contribution in [0.15, 0.2) is 28.7 Å². The molecule has 2 heterocycles. The number of fused-ring (bicyclic) bond motifs is 3. The van der Waals surface area contributed by atoms with Gasteiger partial charge in [0, 0.05) is 22.0 Å². The molecule has 17 heavy (non-hydrogen) atoms. The van der Waals surface area contributed by atoms with Crippen molar-refractivity contribution in [3.8, 4) is 0 Å². The topological polar surface area (TPSA) is 31.2 Å². The quantitative estimate of drug-likeness (QED) is 0.741. The van der Waals surface area contributed by atoms with Gasteiger partial charge in [0.2, 0.25) is 0 Å². The summed E-state index contributed by atoms with van der Waals surface area (Å²) in [5, 5.41) is 1.06. The largest absolute Gasteiger partial charge is 0.442 e. The summed E-state index contributed by atoms with van der Waals surface area (Å²) in [5.74, 6) is 0. The summed E-state index contributed by atoms with van der Waals surface area (Å²) >= 11 is 3.44. The first kappa shape index (κ1) is 10.8. The highest BCUT2D eigenvalue weighted by Gasteiger charge is 2.33. The number of hydrogen-bond donors (Lipinski definition) is 0. The summed E-state index contributed by atoms with van der Waals surface area (Å²) in [7, 11) is 0. The van der Waals surface area contributed by atoms with Gasteiger partial charge in [-0.1, -0.05) is 15.9 Å². The number of halogens is 1. The van der Waals surface area contributed by atoms with E-state index >= 15 is 0 Å². The van der Waals surface area contributed by atoms with Gasteiger partial charge >= 0.3 is 6.09 Å². The van der Waals surface area contributed by atoms with Gasteiger partial charge in [-0.3, -0.25) is 0 Å². The Labute approximate surface area is 107 Å². The molecule has 1 aromatic heterocycles. The molecule has 0 bridgehead atoms. The van der Waals surface area contributed by atoms with Crippen LogP contribution < -0.4 is 0 Å². The minimum absolute atomic E-state index is 0.284. The van der Waals surface area contributed by atoms with Crippen LogP contribution >= 0.6 is 15.9 Å². The van der Waals surface area contributed by atoms with Gasteiger partial charge in [0.05, 0.1) is 5.52 Å². The Morgan fingerprint density at radius 2 is 2.12 bits per heavy atom. The molecule has 0 N–H and O–H groups in total. The Bertz CT molecular complexity index is 628. The molecule has 0 spiro atoms. The molecule has 0 saturated carbocycles. The first-order valence-corrected chi connectivity index (χ1v) is 6.29. The normalized spacial score (nSPS) is 17.9. The minimum Gasteiger partial charge on any atom is -0.442 e. The lowest BCUT2D eigenvalue weighted by atomic mass is 10.0. The molecule has 0 aliphatic carbocycles. The van der Waals surface area contributed by atoms with Crippen molar-refractivity contribution in [1.29, 1.82) is 0 Å². The van der Waals surface area contributed by atoms with Crippen LogP contribution in [0.1, 0.15) is 19.5 Å². The zero-order chi connectivity index (χ0) is 12.2. The molecule has 0 amide bonds. The highest BCUT2D eigenvalue weighted by Crippen LogP contribution is 2.31. The molecule has 0 saturated heterocycles. The lowest BCUT2D eigenvalue weighted by Crippen LogP contribution is -2.38. The molecule has 1 aliphatic heterocycles. The Morgan fingerprint density at radius 3 is 2.88 bits per heavy atom. The second-order valence-corrected chi connectivity index (χ2v) is 5.89. The van der Waals surface area contributed by atoms with Crippen molar-refractivity contribution in [3.63, 3.8) is 0 Å². The van der Waals surface area contributed by atoms with Crippen molar-refractivity contribution in [2.24, 2.45) is 0 Å². The molecule has 3 nitrogen and oxygen atoms in total. The molecule has 2 aromatic rings. The second kappa shape index (κ2) is 3.35. The van der Waals surface area contributed by atoms with E-state index in [0.717, 1.165) is 27.5 Å². The first-order valence-electron chi connectivity index (χ1n) is 5.49. The monoisotopic (exact) mass is 293 g/mol. The average molecular weight is 294 g/mol. The zero-order valence-electron chi connectivity index (χ0n) is 9.66. The number of carbonyl (C=O) groups excluding carboxylic acids is 1. The van der Waals surface area contributed by atoms with E-state index < -0.39 is 5.60 Å². The Morgan fingerprint density at radius 1 is 1.35 bits per heavy atom. The van der Waals surface area contributed by atoms with Crippen LogP contribution in [0.5, 0.6) is 0 Å². The molecule has 3 rings (SSSR count). The van der Waals surface area contributed by atoms with Crippen LogP contribution in [-0.2, 0) is 11.2 Å². The van der Waals surface area contributed by atoms with Gasteiger partial charge in [-0.25, -0.2) is 9.36 Å². The van der Waals surface area contributed by atoms with Crippen LogP contribution in [-0.4, -0.2) is 16.3 Å². The van der Waals surface area contributed by atoms with Crippen molar-refractivity contribution >= 4 is 32.9 Å². The summed E-state index contributed by atoms with van der Waals surface area (Å²) in [6.07, 6.45) is 0.457. The average Bonchev–Trinajstić information content (AvgIpc) is 2.52. The molecule has 0 radical (unpaired) electrons. The summed E-state index contributed by atoms with van der Waals surface area (Å²) in [6.45, 7) is 3.87. The Kier molecular flexibility index (Phi) is 2.14. The van der Waals surface area contributed by atoms with E-state index in [2.05, 4.69) is 22.0 Å². The van der Waals surface area contributed by atoms with Crippen LogP contribution in [0.3, 0.4) is 0 Å². The minimum atomic E-state index is -0.418. The smallest absolute Gasteiger partial charge is 0.419 e. The van der Waals surface area contributed by atoms with E-state index in [1.165, 1.54) is 0 Å². The molecule has 0 atom stereocenters. The summed E-state index contributed by atoms with van der Waals surface area (Å²) in [4.78, 5) is 12.0. The van der Waals surface area contributed by atoms with E-state index in [9.17, 15) is 4.79 Å². The molecular weight excluding hydrogens is 282 g/mol. The molecule has 88 valence electrons. The molecule has 0 unspecified atom stereocenters. The number of hydrogen-bond acceptors (Lipinski definition) is 2. The zero-order valence-corrected chi connectivity index (χ0v) is 11.2. The van der Waals surface area contributed by atoms with Crippen molar-refractivity contribution in [1.82, 2.24) is 4.57 Å². The number of aromatic nitrogens is 1. The van der Waals surface area contributed by atoms with E-state index in [1.54, 1.807) is 4.57 Å². The van der Waals surface area contributed by atoms with Crippen molar-refractivity contribution in [2.75, 3.05) is 0 Å². The van der Waals surface area contributed by atoms with E-state index in [0.29, 0.717) is 0 Å². The highest BCUT2D eigenvalue weighted by atomic mass is 79.9. The van der Waals surface area contributed by atoms with Crippen LogP contribution in [0.4, 0.5) is 4.79 Å². The first-order chi connectivity index (χ1) is 7.96. The maximum absolute atomic E-state index is 12.0. The van der Waals surface area contributed by atoms with Crippen molar-refractivity contribution in [3.05, 3.63) is 34.4 Å².